The zero-order valence-corrected chi connectivity index (χ0v) is 14.0. The Morgan fingerprint density at radius 2 is 1.81 bits per heavy atom. The summed E-state index contributed by atoms with van der Waals surface area (Å²) in [6.07, 6.45) is 0.640. The van der Waals surface area contributed by atoms with Gasteiger partial charge in [0.1, 0.15) is 0 Å². The largest absolute Gasteiger partial charge is 0.326 e. The van der Waals surface area contributed by atoms with Crippen molar-refractivity contribution in [2.45, 2.75) is 24.8 Å². The Morgan fingerprint density at radius 3 is 2.38 bits per heavy atom. The fourth-order valence-corrected chi connectivity index (χ4v) is 3.68. The number of benzene rings is 2. The summed E-state index contributed by atoms with van der Waals surface area (Å²) in [5.74, 6) is 0. The molecule has 0 fully saturated rings. The summed E-state index contributed by atoms with van der Waals surface area (Å²) in [6.45, 7) is 2.24. The number of aryl methyl sites for hydroxylation is 1. The third-order valence-electron chi connectivity index (χ3n) is 3.13. The topological polar surface area (TPSA) is 72.2 Å². The van der Waals surface area contributed by atoms with Crippen molar-refractivity contribution in [3.05, 3.63) is 58.1 Å². The Balaban J connectivity index is 2.41. The van der Waals surface area contributed by atoms with Crippen molar-refractivity contribution < 1.29 is 8.42 Å². The van der Waals surface area contributed by atoms with E-state index in [0.717, 1.165) is 15.6 Å². The van der Waals surface area contributed by atoms with Crippen LogP contribution in [0.4, 0.5) is 5.69 Å². The van der Waals surface area contributed by atoms with Gasteiger partial charge in [0.25, 0.3) is 10.0 Å². The van der Waals surface area contributed by atoms with Crippen LogP contribution in [-0.2, 0) is 23.0 Å². The van der Waals surface area contributed by atoms with Crippen molar-refractivity contribution in [3.8, 4) is 0 Å². The number of hydrogen-bond donors (Lipinski definition) is 2. The predicted molar refractivity (Wildman–Crippen MR) is 88.7 cm³/mol. The second-order valence-corrected chi connectivity index (χ2v) is 7.18. The van der Waals surface area contributed by atoms with Gasteiger partial charge in [-0.2, -0.15) is 0 Å². The van der Waals surface area contributed by atoms with Gasteiger partial charge in [0.05, 0.1) is 4.90 Å². The Kier molecular flexibility index (Phi) is 5.03. The number of nitrogens with two attached hydrogens (primary N) is 1. The van der Waals surface area contributed by atoms with Crippen LogP contribution in [0.2, 0.25) is 0 Å². The molecule has 2 aromatic carbocycles. The van der Waals surface area contributed by atoms with Crippen molar-refractivity contribution in [3.63, 3.8) is 0 Å². The fraction of sp³-hybridized carbons (Fsp3) is 0.200. The average Bonchev–Trinajstić information content (AvgIpc) is 2.48. The van der Waals surface area contributed by atoms with Gasteiger partial charge >= 0.3 is 0 Å². The summed E-state index contributed by atoms with van der Waals surface area (Å²) >= 11 is 3.32. The summed E-state index contributed by atoms with van der Waals surface area (Å²) in [5, 5.41) is 0. The van der Waals surface area contributed by atoms with Gasteiger partial charge in [-0.05, 0) is 47.9 Å². The molecule has 0 unspecified atom stereocenters. The van der Waals surface area contributed by atoms with Gasteiger partial charge in [-0.25, -0.2) is 8.42 Å². The van der Waals surface area contributed by atoms with Gasteiger partial charge in [0.15, 0.2) is 0 Å². The van der Waals surface area contributed by atoms with E-state index in [1.165, 1.54) is 0 Å². The van der Waals surface area contributed by atoms with Crippen LogP contribution in [0.25, 0.3) is 0 Å². The molecule has 21 heavy (non-hydrogen) atoms. The number of sulfonamides is 1. The Hall–Kier alpha value is -1.37. The average molecular weight is 369 g/mol. The highest BCUT2D eigenvalue weighted by Crippen LogP contribution is 2.22. The van der Waals surface area contributed by atoms with E-state index >= 15 is 0 Å². The SMILES string of the molecule is CCc1ccc(CN)cc1S(=O)(=O)Nc1ccc(Br)cc1. The second-order valence-electron chi connectivity index (χ2n) is 4.61. The van der Waals surface area contributed by atoms with Crippen LogP contribution < -0.4 is 10.5 Å². The van der Waals surface area contributed by atoms with E-state index in [9.17, 15) is 8.42 Å². The molecule has 0 aliphatic heterocycles. The van der Waals surface area contributed by atoms with Crippen LogP contribution in [0, 0.1) is 0 Å². The van der Waals surface area contributed by atoms with Crippen molar-refractivity contribution in [2.24, 2.45) is 5.73 Å². The van der Waals surface area contributed by atoms with Crippen molar-refractivity contribution in [1.29, 1.82) is 0 Å². The maximum Gasteiger partial charge on any atom is 0.262 e. The van der Waals surface area contributed by atoms with Gasteiger partial charge in [0.2, 0.25) is 0 Å². The van der Waals surface area contributed by atoms with Crippen molar-refractivity contribution >= 4 is 31.6 Å². The maximum absolute atomic E-state index is 12.6. The lowest BCUT2D eigenvalue weighted by atomic mass is 10.1. The number of rotatable bonds is 5. The molecule has 112 valence electrons. The van der Waals surface area contributed by atoms with Gasteiger partial charge in [-0.3, -0.25) is 4.72 Å². The van der Waals surface area contributed by atoms with Gasteiger partial charge in [0, 0.05) is 16.7 Å². The first-order valence-corrected chi connectivity index (χ1v) is 8.84. The standard InChI is InChI=1S/C15H17BrN2O2S/c1-2-12-4-3-11(10-17)9-15(12)21(19,20)18-14-7-5-13(16)6-8-14/h3-9,18H,2,10,17H2,1H3. The molecule has 0 aromatic heterocycles. The number of nitrogens with one attached hydrogen (secondary N) is 1. The zero-order chi connectivity index (χ0) is 15.5. The molecular formula is C15H17BrN2O2S. The summed E-state index contributed by atoms with van der Waals surface area (Å²) in [4.78, 5) is 0.288. The molecule has 0 bridgehead atoms. The van der Waals surface area contributed by atoms with Crippen LogP contribution in [0.1, 0.15) is 18.1 Å². The minimum Gasteiger partial charge on any atom is -0.326 e. The Morgan fingerprint density at radius 1 is 1.14 bits per heavy atom. The molecule has 0 aliphatic rings. The molecule has 0 saturated carbocycles. The molecule has 0 spiro atoms. The molecule has 0 saturated heterocycles. The van der Waals surface area contributed by atoms with E-state index in [1.54, 1.807) is 30.3 Å². The van der Waals surface area contributed by atoms with Crippen LogP contribution in [0.15, 0.2) is 51.8 Å². The van der Waals surface area contributed by atoms with Gasteiger partial charge in [-0.1, -0.05) is 35.0 Å². The summed E-state index contributed by atoms with van der Waals surface area (Å²) in [5.41, 5.74) is 7.70. The molecule has 4 nitrogen and oxygen atoms in total. The molecule has 0 heterocycles. The van der Waals surface area contributed by atoms with Crippen LogP contribution in [0.5, 0.6) is 0 Å². The van der Waals surface area contributed by atoms with Crippen molar-refractivity contribution in [1.82, 2.24) is 0 Å². The molecule has 0 radical (unpaired) electrons. The third-order valence-corrected chi connectivity index (χ3v) is 5.13. The van der Waals surface area contributed by atoms with Gasteiger partial charge < -0.3 is 5.73 Å². The van der Waals surface area contributed by atoms with Crippen LogP contribution in [-0.4, -0.2) is 8.42 Å². The highest BCUT2D eigenvalue weighted by molar-refractivity contribution is 9.10. The smallest absolute Gasteiger partial charge is 0.262 e. The first-order valence-electron chi connectivity index (χ1n) is 6.56. The highest BCUT2D eigenvalue weighted by Gasteiger charge is 2.18. The predicted octanol–water partition coefficient (Wildman–Crippen LogP) is 3.27. The van der Waals surface area contributed by atoms with Crippen LogP contribution in [0.3, 0.4) is 0 Å². The Labute approximate surface area is 133 Å². The van der Waals surface area contributed by atoms with E-state index in [1.807, 2.05) is 19.1 Å². The molecule has 0 amide bonds. The lowest BCUT2D eigenvalue weighted by Crippen LogP contribution is -2.15. The van der Waals surface area contributed by atoms with Crippen molar-refractivity contribution in [2.75, 3.05) is 4.72 Å². The van der Waals surface area contributed by atoms with Crippen LogP contribution >= 0.6 is 15.9 Å². The number of anilines is 1. The number of halogens is 1. The van der Waals surface area contributed by atoms with E-state index < -0.39 is 10.0 Å². The van der Waals surface area contributed by atoms with E-state index in [4.69, 9.17) is 5.73 Å². The number of hydrogen-bond acceptors (Lipinski definition) is 3. The first kappa shape index (κ1) is 16.0. The fourth-order valence-electron chi connectivity index (χ4n) is 2.00. The maximum atomic E-state index is 12.6. The second kappa shape index (κ2) is 6.60. The third kappa shape index (κ3) is 3.84. The minimum atomic E-state index is -3.62. The monoisotopic (exact) mass is 368 g/mol. The minimum absolute atomic E-state index is 0.288. The molecule has 6 heteroatoms. The Bertz CT molecular complexity index is 728. The summed E-state index contributed by atoms with van der Waals surface area (Å²) < 4.78 is 28.6. The van der Waals surface area contributed by atoms with E-state index in [2.05, 4.69) is 20.7 Å². The highest BCUT2D eigenvalue weighted by atomic mass is 79.9. The molecule has 0 atom stereocenters. The normalized spacial score (nSPS) is 11.4. The van der Waals surface area contributed by atoms with Gasteiger partial charge in [-0.15, -0.1) is 0 Å². The first-order chi connectivity index (χ1) is 9.96. The summed E-state index contributed by atoms with van der Waals surface area (Å²) in [6, 6.07) is 12.3. The molecule has 2 rings (SSSR count). The quantitative estimate of drug-likeness (QED) is 0.850. The zero-order valence-electron chi connectivity index (χ0n) is 11.6. The van der Waals surface area contributed by atoms with E-state index in [0.29, 0.717) is 18.7 Å². The molecule has 3 N–H and O–H groups in total. The lowest BCUT2D eigenvalue weighted by molar-refractivity contribution is 0.600. The molecule has 2 aromatic rings. The summed E-state index contributed by atoms with van der Waals surface area (Å²) in [7, 11) is -3.62. The lowest BCUT2D eigenvalue weighted by Gasteiger charge is -2.13. The molecule has 0 aliphatic carbocycles. The molecular weight excluding hydrogens is 352 g/mol. The van der Waals surface area contributed by atoms with E-state index in [-0.39, 0.29) is 4.90 Å².